The average Bonchev–Trinajstić information content (AvgIpc) is 2.86. The summed E-state index contributed by atoms with van der Waals surface area (Å²) in [4.78, 5) is 5.64. The number of hydrogen-bond donors (Lipinski definition) is 1. The van der Waals surface area contributed by atoms with Crippen LogP contribution < -0.4 is 5.32 Å². The zero-order chi connectivity index (χ0) is 11.6. The van der Waals surface area contributed by atoms with E-state index >= 15 is 0 Å². The first-order valence-electron chi connectivity index (χ1n) is 5.83. The SMILES string of the molecule is CCC(C)(CC)NCc1cn2ccsc2n1. The molecule has 3 nitrogen and oxygen atoms in total. The normalized spacial score (nSPS) is 12.4. The van der Waals surface area contributed by atoms with Crippen LogP contribution in [-0.4, -0.2) is 14.9 Å². The summed E-state index contributed by atoms with van der Waals surface area (Å²) in [5.41, 5.74) is 1.36. The van der Waals surface area contributed by atoms with Crippen molar-refractivity contribution >= 4 is 16.3 Å². The van der Waals surface area contributed by atoms with Crippen molar-refractivity contribution in [1.29, 1.82) is 0 Å². The van der Waals surface area contributed by atoms with Gasteiger partial charge in [0.2, 0.25) is 0 Å². The molecule has 0 bridgehead atoms. The number of imidazole rings is 1. The van der Waals surface area contributed by atoms with Crippen LogP contribution in [0.5, 0.6) is 0 Å². The van der Waals surface area contributed by atoms with E-state index in [0.29, 0.717) is 0 Å². The highest BCUT2D eigenvalue weighted by Crippen LogP contribution is 2.16. The predicted octanol–water partition coefficient (Wildman–Crippen LogP) is 3.06. The number of rotatable bonds is 5. The minimum atomic E-state index is 0.233. The molecule has 1 N–H and O–H groups in total. The van der Waals surface area contributed by atoms with Crippen LogP contribution >= 0.6 is 11.3 Å². The molecule has 16 heavy (non-hydrogen) atoms. The van der Waals surface area contributed by atoms with Gasteiger partial charge >= 0.3 is 0 Å². The molecule has 0 aliphatic carbocycles. The van der Waals surface area contributed by atoms with E-state index in [0.717, 1.165) is 30.0 Å². The van der Waals surface area contributed by atoms with E-state index in [9.17, 15) is 0 Å². The highest BCUT2D eigenvalue weighted by Gasteiger charge is 2.18. The molecule has 0 amide bonds. The molecule has 0 fully saturated rings. The van der Waals surface area contributed by atoms with E-state index in [1.165, 1.54) is 0 Å². The van der Waals surface area contributed by atoms with Gasteiger partial charge in [-0.3, -0.25) is 4.40 Å². The standard InChI is InChI=1S/C12H19N3S/c1-4-12(3,5-2)13-8-10-9-15-6-7-16-11(15)14-10/h6-7,9,13H,4-5,8H2,1-3H3. The third-order valence-corrected chi connectivity index (χ3v) is 4.17. The summed E-state index contributed by atoms with van der Waals surface area (Å²) in [6.45, 7) is 7.57. The van der Waals surface area contributed by atoms with Crippen molar-refractivity contribution in [3.8, 4) is 0 Å². The van der Waals surface area contributed by atoms with Crippen LogP contribution in [0.15, 0.2) is 17.8 Å². The molecule has 2 rings (SSSR count). The molecule has 0 atom stereocenters. The highest BCUT2D eigenvalue weighted by molar-refractivity contribution is 7.15. The minimum Gasteiger partial charge on any atom is -0.306 e. The first-order valence-corrected chi connectivity index (χ1v) is 6.71. The first-order chi connectivity index (χ1) is 7.67. The van der Waals surface area contributed by atoms with Gasteiger partial charge in [-0.15, -0.1) is 11.3 Å². The van der Waals surface area contributed by atoms with Crippen LogP contribution in [0.25, 0.3) is 4.96 Å². The summed E-state index contributed by atoms with van der Waals surface area (Å²) >= 11 is 1.68. The van der Waals surface area contributed by atoms with Crippen molar-refractivity contribution < 1.29 is 0 Å². The number of nitrogens with zero attached hydrogens (tertiary/aromatic N) is 2. The highest BCUT2D eigenvalue weighted by atomic mass is 32.1. The van der Waals surface area contributed by atoms with Crippen LogP contribution in [0.4, 0.5) is 0 Å². The van der Waals surface area contributed by atoms with Crippen molar-refractivity contribution in [2.75, 3.05) is 0 Å². The van der Waals surface area contributed by atoms with Gasteiger partial charge in [0.05, 0.1) is 5.69 Å². The second-order valence-electron chi connectivity index (χ2n) is 4.45. The summed E-state index contributed by atoms with van der Waals surface area (Å²) in [6.07, 6.45) is 6.44. The molecule has 0 aliphatic heterocycles. The van der Waals surface area contributed by atoms with E-state index < -0.39 is 0 Å². The molecule has 0 aliphatic rings. The minimum absolute atomic E-state index is 0.233. The Labute approximate surface area is 101 Å². The second-order valence-corrected chi connectivity index (χ2v) is 5.32. The zero-order valence-electron chi connectivity index (χ0n) is 10.2. The largest absolute Gasteiger partial charge is 0.306 e. The molecule has 0 saturated carbocycles. The van der Waals surface area contributed by atoms with Crippen molar-refractivity contribution in [2.24, 2.45) is 0 Å². The Morgan fingerprint density at radius 2 is 2.19 bits per heavy atom. The average molecular weight is 237 g/mol. The lowest BCUT2D eigenvalue weighted by Gasteiger charge is -2.27. The predicted molar refractivity (Wildman–Crippen MR) is 68.9 cm³/mol. The Morgan fingerprint density at radius 1 is 1.44 bits per heavy atom. The smallest absolute Gasteiger partial charge is 0.193 e. The van der Waals surface area contributed by atoms with Crippen LogP contribution in [0, 0.1) is 0 Å². The molecule has 0 unspecified atom stereocenters. The van der Waals surface area contributed by atoms with Crippen molar-refractivity contribution in [2.45, 2.75) is 45.7 Å². The topological polar surface area (TPSA) is 29.3 Å². The summed E-state index contributed by atoms with van der Waals surface area (Å²) in [6, 6.07) is 0. The van der Waals surface area contributed by atoms with Crippen LogP contribution in [-0.2, 0) is 6.54 Å². The number of aromatic nitrogens is 2. The van der Waals surface area contributed by atoms with Gasteiger partial charge in [-0.05, 0) is 19.8 Å². The van der Waals surface area contributed by atoms with E-state index in [1.807, 2.05) is 0 Å². The maximum atomic E-state index is 4.56. The van der Waals surface area contributed by atoms with Crippen molar-refractivity contribution in [3.05, 3.63) is 23.5 Å². The van der Waals surface area contributed by atoms with Gasteiger partial charge < -0.3 is 5.32 Å². The van der Waals surface area contributed by atoms with Crippen molar-refractivity contribution in [1.82, 2.24) is 14.7 Å². The van der Waals surface area contributed by atoms with Crippen LogP contribution in [0.3, 0.4) is 0 Å². The fourth-order valence-corrected chi connectivity index (χ4v) is 2.38. The summed E-state index contributed by atoms with van der Waals surface area (Å²) in [5.74, 6) is 0. The molecule has 0 spiro atoms. The molecule has 2 aromatic rings. The first kappa shape index (κ1) is 11.6. The quantitative estimate of drug-likeness (QED) is 0.866. The number of hydrogen-bond acceptors (Lipinski definition) is 3. The molecular weight excluding hydrogens is 218 g/mol. The Hall–Kier alpha value is -0.870. The van der Waals surface area contributed by atoms with Gasteiger partial charge in [-0.2, -0.15) is 0 Å². The number of thiazole rings is 1. The fourth-order valence-electron chi connectivity index (χ4n) is 1.67. The van der Waals surface area contributed by atoms with Gasteiger partial charge in [0.15, 0.2) is 4.96 Å². The Morgan fingerprint density at radius 3 is 2.81 bits per heavy atom. The molecule has 0 radical (unpaired) electrons. The number of nitrogens with one attached hydrogen (secondary N) is 1. The summed E-state index contributed by atoms with van der Waals surface area (Å²) < 4.78 is 2.08. The Bertz CT molecular complexity index is 425. The lowest BCUT2D eigenvalue weighted by atomic mass is 9.95. The maximum Gasteiger partial charge on any atom is 0.193 e. The molecular formula is C12H19N3S. The molecule has 0 aromatic carbocycles. The summed E-state index contributed by atoms with van der Waals surface area (Å²) in [5, 5.41) is 5.65. The van der Waals surface area contributed by atoms with E-state index in [-0.39, 0.29) is 5.54 Å². The molecule has 2 heterocycles. The van der Waals surface area contributed by atoms with Gasteiger partial charge in [-0.25, -0.2) is 4.98 Å². The maximum absolute atomic E-state index is 4.56. The Balaban J connectivity index is 2.02. The number of fused-ring (bicyclic) bond motifs is 1. The molecule has 2 aromatic heterocycles. The fraction of sp³-hybridized carbons (Fsp3) is 0.583. The lowest BCUT2D eigenvalue weighted by molar-refractivity contribution is 0.328. The van der Waals surface area contributed by atoms with Gasteiger partial charge in [-0.1, -0.05) is 13.8 Å². The van der Waals surface area contributed by atoms with Crippen LogP contribution in [0.1, 0.15) is 39.3 Å². The van der Waals surface area contributed by atoms with Gasteiger partial charge in [0, 0.05) is 29.9 Å². The molecule has 88 valence electrons. The third kappa shape index (κ3) is 2.28. The molecule has 4 heteroatoms. The van der Waals surface area contributed by atoms with Crippen molar-refractivity contribution in [3.63, 3.8) is 0 Å². The summed E-state index contributed by atoms with van der Waals surface area (Å²) in [7, 11) is 0. The van der Waals surface area contributed by atoms with E-state index in [1.54, 1.807) is 11.3 Å². The monoisotopic (exact) mass is 237 g/mol. The lowest BCUT2D eigenvalue weighted by Crippen LogP contribution is -2.40. The van der Waals surface area contributed by atoms with Gasteiger partial charge in [0.25, 0.3) is 0 Å². The van der Waals surface area contributed by atoms with E-state index in [4.69, 9.17) is 0 Å². The van der Waals surface area contributed by atoms with E-state index in [2.05, 4.69) is 53.2 Å². The third-order valence-electron chi connectivity index (χ3n) is 3.40. The zero-order valence-corrected chi connectivity index (χ0v) is 11.0. The van der Waals surface area contributed by atoms with Gasteiger partial charge in [0.1, 0.15) is 0 Å². The Kier molecular flexibility index (Phi) is 3.30. The molecule has 0 saturated heterocycles. The second kappa shape index (κ2) is 4.55. The van der Waals surface area contributed by atoms with Crippen LogP contribution in [0.2, 0.25) is 0 Å².